The van der Waals surface area contributed by atoms with Gasteiger partial charge in [-0.1, -0.05) is 32.0 Å². The second kappa shape index (κ2) is 4.35. The highest BCUT2D eigenvalue weighted by Gasteiger charge is 2.08. The van der Waals surface area contributed by atoms with Crippen molar-refractivity contribution in [3.8, 4) is 0 Å². The summed E-state index contributed by atoms with van der Waals surface area (Å²) in [5.74, 6) is 2.06. The van der Waals surface area contributed by atoms with E-state index in [0.717, 1.165) is 22.9 Å². The molecule has 0 aliphatic rings. The Labute approximate surface area is 94.9 Å². The smallest absolute Gasteiger partial charge is 0.153 e. The van der Waals surface area contributed by atoms with Crippen molar-refractivity contribution in [2.24, 2.45) is 0 Å². The predicted molar refractivity (Wildman–Crippen MR) is 64.1 cm³/mol. The van der Waals surface area contributed by atoms with E-state index in [1.165, 1.54) is 0 Å². The summed E-state index contributed by atoms with van der Waals surface area (Å²) in [6.07, 6.45) is 0.701. The molecule has 0 aliphatic carbocycles. The van der Waals surface area contributed by atoms with E-state index in [2.05, 4.69) is 29.0 Å². The molecule has 0 spiro atoms. The summed E-state index contributed by atoms with van der Waals surface area (Å²) >= 11 is 0. The summed E-state index contributed by atoms with van der Waals surface area (Å²) in [6.45, 7) is 4.15. The number of rotatable bonds is 3. The van der Waals surface area contributed by atoms with Gasteiger partial charge in [0.05, 0.1) is 0 Å². The molecule has 0 radical (unpaired) electrons. The lowest BCUT2D eigenvalue weighted by Gasteiger charge is -2.01. The third-order valence-corrected chi connectivity index (χ3v) is 2.48. The molecule has 84 valence electrons. The predicted octanol–water partition coefficient (Wildman–Crippen LogP) is 2.10. The lowest BCUT2D eigenvalue weighted by molar-refractivity contribution is 0.780. The molecule has 2 rings (SSSR count). The average molecular weight is 216 g/mol. The molecule has 3 N–H and O–H groups in total. The Morgan fingerprint density at radius 3 is 2.69 bits per heavy atom. The largest absolute Gasteiger partial charge is 0.398 e. The van der Waals surface area contributed by atoms with Crippen LogP contribution in [0.2, 0.25) is 0 Å². The number of nitrogen functional groups attached to an aromatic ring is 1. The monoisotopic (exact) mass is 216 g/mol. The van der Waals surface area contributed by atoms with Gasteiger partial charge in [0, 0.05) is 18.0 Å². The average Bonchev–Trinajstić information content (AvgIpc) is 2.70. The van der Waals surface area contributed by atoms with Crippen molar-refractivity contribution in [2.45, 2.75) is 26.2 Å². The topological polar surface area (TPSA) is 67.6 Å². The van der Waals surface area contributed by atoms with Crippen LogP contribution in [0, 0.1) is 0 Å². The van der Waals surface area contributed by atoms with Gasteiger partial charge in [0.25, 0.3) is 0 Å². The maximum Gasteiger partial charge on any atom is 0.153 e. The van der Waals surface area contributed by atoms with Crippen LogP contribution in [-0.2, 0) is 6.42 Å². The van der Waals surface area contributed by atoms with Crippen molar-refractivity contribution in [3.05, 3.63) is 41.5 Å². The number of para-hydroxylation sites is 1. The van der Waals surface area contributed by atoms with E-state index in [-0.39, 0.29) is 0 Å². The molecular formula is C12H16N4. The quantitative estimate of drug-likeness (QED) is 0.772. The SMILES string of the molecule is CC(C)c1n[nH]c(Cc2ccccc2N)n1. The maximum atomic E-state index is 5.87. The highest BCUT2D eigenvalue weighted by molar-refractivity contribution is 5.47. The van der Waals surface area contributed by atoms with E-state index in [1.807, 2.05) is 24.3 Å². The second-order valence-corrected chi connectivity index (χ2v) is 4.17. The first-order valence-corrected chi connectivity index (χ1v) is 5.41. The van der Waals surface area contributed by atoms with Crippen molar-refractivity contribution in [1.29, 1.82) is 0 Å². The zero-order chi connectivity index (χ0) is 11.5. The van der Waals surface area contributed by atoms with Crippen molar-refractivity contribution in [1.82, 2.24) is 15.2 Å². The normalized spacial score (nSPS) is 10.9. The zero-order valence-corrected chi connectivity index (χ0v) is 9.57. The van der Waals surface area contributed by atoms with Crippen LogP contribution in [0.25, 0.3) is 0 Å². The fraction of sp³-hybridized carbons (Fsp3) is 0.333. The van der Waals surface area contributed by atoms with Gasteiger partial charge in [0.2, 0.25) is 0 Å². The van der Waals surface area contributed by atoms with Gasteiger partial charge in [-0.2, -0.15) is 5.10 Å². The first kappa shape index (κ1) is 10.7. The molecule has 16 heavy (non-hydrogen) atoms. The van der Waals surface area contributed by atoms with Crippen LogP contribution >= 0.6 is 0 Å². The van der Waals surface area contributed by atoms with Crippen LogP contribution < -0.4 is 5.73 Å². The summed E-state index contributed by atoms with van der Waals surface area (Å²) in [5.41, 5.74) is 7.75. The van der Waals surface area contributed by atoms with Crippen LogP contribution in [0.15, 0.2) is 24.3 Å². The van der Waals surface area contributed by atoms with Crippen LogP contribution in [0.4, 0.5) is 5.69 Å². The molecule has 4 nitrogen and oxygen atoms in total. The first-order chi connectivity index (χ1) is 7.66. The number of hydrogen-bond donors (Lipinski definition) is 2. The third kappa shape index (κ3) is 2.21. The maximum absolute atomic E-state index is 5.87. The summed E-state index contributed by atoms with van der Waals surface area (Å²) in [6, 6.07) is 7.81. The highest BCUT2D eigenvalue weighted by atomic mass is 15.2. The molecule has 1 aromatic heterocycles. The zero-order valence-electron chi connectivity index (χ0n) is 9.57. The van der Waals surface area contributed by atoms with Gasteiger partial charge in [0.15, 0.2) is 5.82 Å². The number of aromatic nitrogens is 3. The van der Waals surface area contributed by atoms with E-state index < -0.39 is 0 Å². The number of hydrogen-bond acceptors (Lipinski definition) is 3. The minimum Gasteiger partial charge on any atom is -0.398 e. The second-order valence-electron chi connectivity index (χ2n) is 4.17. The molecule has 0 atom stereocenters. The minimum absolute atomic E-state index is 0.345. The molecule has 0 bridgehead atoms. The molecule has 0 unspecified atom stereocenters. The van der Waals surface area contributed by atoms with E-state index in [1.54, 1.807) is 0 Å². The summed E-state index contributed by atoms with van der Waals surface area (Å²) < 4.78 is 0. The number of H-pyrrole nitrogens is 1. The summed E-state index contributed by atoms with van der Waals surface area (Å²) in [5, 5.41) is 7.11. The van der Waals surface area contributed by atoms with Gasteiger partial charge < -0.3 is 5.73 Å². The fourth-order valence-electron chi connectivity index (χ4n) is 1.52. The third-order valence-electron chi connectivity index (χ3n) is 2.48. The van der Waals surface area contributed by atoms with Gasteiger partial charge in [-0.25, -0.2) is 4.98 Å². The van der Waals surface area contributed by atoms with Crippen molar-refractivity contribution in [2.75, 3.05) is 5.73 Å². The molecule has 0 aliphatic heterocycles. The van der Waals surface area contributed by atoms with Gasteiger partial charge in [-0.05, 0) is 11.6 Å². The molecule has 0 saturated heterocycles. The Morgan fingerprint density at radius 2 is 2.06 bits per heavy atom. The number of aromatic amines is 1. The molecule has 0 fully saturated rings. The summed E-state index contributed by atoms with van der Waals surface area (Å²) in [7, 11) is 0. The van der Waals surface area contributed by atoms with E-state index in [9.17, 15) is 0 Å². The lowest BCUT2D eigenvalue weighted by Crippen LogP contribution is -1.97. The number of nitrogens with two attached hydrogens (primary N) is 1. The van der Waals surface area contributed by atoms with Gasteiger partial charge in [-0.3, -0.25) is 5.10 Å². The Kier molecular flexibility index (Phi) is 2.90. The molecule has 0 amide bonds. The molecule has 1 aromatic carbocycles. The molecule has 0 saturated carbocycles. The number of anilines is 1. The molecular weight excluding hydrogens is 200 g/mol. The molecule has 2 aromatic rings. The van der Waals surface area contributed by atoms with E-state index >= 15 is 0 Å². The number of nitrogens with zero attached hydrogens (tertiary/aromatic N) is 2. The van der Waals surface area contributed by atoms with E-state index in [4.69, 9.17) is 5.73 Å². The Balaban J connectivity index is 2.18. The number of nitrogens with one attached hydrogen (secondary N) is 1. The summed E-state index contributed by atoms with van der Waals surface area (Å²) in [4.78, 5) is 4.42. The van der Waals surface area contributed by atoms with Crippen molar-refractivity contribution < 1.29 is 0 Å². The van der Waals surface area contributed by atoms with Crippen molar-refractivity contribution in [3.63, 3.8) is 0 Å². The number of benzene rings is 1. The van der Waals surface area contributed by atoms with Crippen LogP contribution in [0.1, 0.15) is 37.0 Å². The van der Waals surface area contributed by atoms with E-state index in [0.29, 0.717) is 12.3 Å². The van der Waals surface area contributed by atoms with Gasteiger partial charge >= 0.3 is 0 Å². The highest BCUT2D eigenvalue weighted by Crippen LogP contribution is 2.15. The van der Waals surface area contributed by atoms with Gasteiger partial charge in [-0.15, -0.1) is 0 Å². The standard InChI is InChI=1S/C12H16N4/c1-8(2)12-14-11(15-16-12)7-9-5-3-4-6-10(9)13/h3-6,8H,7,13H2,1-2H3,(H,14,15,16). The first-order valence-electron chi connectivity index (χ1n) is 5.41. The molecule has 1 heterocycles. The van der Waals surface area contributed by atoms with Crippen LogP contribution in [-0.4, -0.2) is 15.2 Å². The van der Waals surface area contributed by atoms with Gasteiger partial charge in [0.1, 0.15) is 5.82 Å². The lowest BCUT2D eigenvalue weighted by atomic mass is 10.1. The van der Waals surface area contributed by atoms with Crippen LogP contribution in [0.5, 0.6) is 0 Å². The Hall–Kier alpha value is -1.84. The minimum atomic E-state index is 0.345. The molecule has 4 heteroatoms. The fourth-order valence-corrected chi connectivity index (χ4v) is 1.52. The van der Waals surface area contributed by atoms with Crippen LogP contribution in [0.3, 0.4) is 0 Å². The Morgan fingerprint density at radius 1 is 1.31 bits per heavy atom. The Bertz CT molecular complexity index is 473. The van der Waals surface area contributed by atoms with Crippen molar-refractivity contribution >= 4 is 5.69 Å².